The van der Waals surface area contributed by atoms with Crippen molar-refractivity contribution in [1.82, 2.24) is 14.8 Å². The van der Waals surface area contributed by atoms with Crippen molar-refractivity contribution in [3.63, 3.8) is 0 Å². The predicted molar refractivity (Wildman–Crippen MR) is 103 cm³/mol. The van der Waals surface area contributed by atoms with Crippen molar-refractivity contribution >= 4 is 28.8 Å². The lowest BCUT2D eigenvalue weighted by molar-refractivity contribution is 0.0521. The summed E-state index contributed by atoms with van der Waals surface area (Å²) in [6.45, 7) is 3.94. The first-order valence-electron chi connectivity index (χ1n) is 8.24. The summed E-state index contributed by atoms with van der Waals surface area (Å²) in [5, 5.41) is 5.52. The van der Waals surface area contributed by atoms with E-state index in [-0.39, 0.29) is 5.97 Å². The SMILES string of the molecule is CCOC(=O)c1c(C)nc2c(c(-c3ccc(OC)cc3)nn2C)c1SC. The fourth-order valence-electron chi connectivity index (χ4n) is 2.96. The molecule has 0 fully saturated rings. The van der Waals surface area contributed by atoms with Gasteiger partial charge in [0.2, 0.25) is 0 Å². The summed E-state index contributed by atoms with van der Waals surface area (Å²) in [6, 6.07) is 7.69. The molecule has 2 aromatic heterocycles. The van der Waals surface area contributed by atoms with Gasteiger partial charge in [-0.3, -0.25) is 0 Å². The number of benzene rings is 1. The molecular weight excluding hydrogens is 350 g/mol. The van der Waals surface area contributed by atoms with Crippen molar-refractivity contribution in [3.8, 4) is 17.0 Å². The molecular formula is C19H21N3O3S. The number of hydrogen-bond donors (Lipinski definition) is 0. The average Bonchev–Trinajstić information content (AvgIpc) is 2.97. The van der Waals surface area contributed by atoms with Gasteiger partial charge in [0, 0.05) is 17.5 Å². The van der Waals surface area contributed by atoms with E-state index in [0.717, 1.165) is 32.9 Å². The van der Waals surface area contributed by atoms with Crippen LogP contribution in [0.1, 0.15) is 23.0 Å². The number of aryl methyl sites for hydroxylation is 2. The van der Waals surface area contributed by atoms with Crippen molar-refractivity contribution in [2.75, 3.05) is 20.0 Å². The zero-order valence-corrected chi connectivity index (χ0v) is 16.3. The van der Waals surface area contributed by atoms with Gasteiger partial charge in [0.1, 0.15) is 11.4 Å². The fraction of sp³-hybridized carbons (Fsp3) is 0.316. The van der Waals surface area contributed by atoms with Gasteiger partial charge in [0.05, 0.1) is 30.4 Å². The molecule has 0 aliphatic carbocycles. The molecule has 0 saturated heterocycles. The normalized spacial score (nSPS) is 11.0. The molecule has 0 atom stereocenters. The molecule has 136 valence electrons. The van der Waals surface area contributed by atoms with Crippen LogP contribution in [0.3, 0.4) is 0 Å². The van der Waals surface area contributed by atoms with Crippen LogP contribution in [0.15, 0.2) is 29.2 Å². The molecule has 0 N–H and O–H groups in total. The van der Waals surface area contributed by atoms with Crippen LogP contribution in [0.2, 0.25) is 0 Å². The van der Waals surface area contributed by atoms with E-state index in [1.165, 1.54) is 11.8 Å². The molecule has 0 saturated carbocycles. The minimum atomic E-state index is -0.353. The Bertz CT molecular complexity index is 965. The molecule has 0 aliphatic heterocycles. The van der Waals surface area contributed by atoms with Gasteiger partial charge < -0.3 is 9.47 Å². The maximum atomic E-state index is 12.5. The summed E-state index contributed by atoms with van der Waals surface area (Å²) in [7, 11) is 3.49. The number of carbonyl (C=O) groups is 1. The summed E-state index contributed by atoms with van der Waals surface area (Å²) < 4.78 is 12.2. The molecule has 0 radical (unpaired) electrons. The van der Waals surface area contributed by atoms with Crippen LogP contribution >= 0.6 is 11.8 Å². The van der Waals surface area contributed by atoms with Gasteiger partial charge in [0.15, 0.2) is 5.65 Å². The van der Waals surface area contributed by atoms with E-state index in [9.17, 15) is 4.79 Å². The van der Waals surface area contributed by atoms with Crippen molar-refractivity contribution in [2.24, 2.45) is 7.05 Å². The Labute approximate surface area is 156 Å². The third-order valence-corrected chi connectivity index (χ3v) is 4.97. The highest BCUT2D eigenvalue weighted by Crippen LogP contribution is 2.37. The van der Waals surface area contributed by atoms with Gasteiger partial charge in [0.25, 0.3) is 0 Å². The van der Waals surface area contributed by atoms with Gasteiger partial charge in [-0.2, -0.15) is 5.10 Å². The maximum Gasteiger partial charge on any atom is 0.341 e. The van der Waals surface area contributed by atoms with Gasteiger partial charge in [-0.15, -0.1) is 11.8 Å². The van der Waals surface area contributed by atoms with E-state index in [4.69, 9.17) is 9.47 Å². The third kappa shape index (κ3) is 3.03. The highest BCUT2D eigenvalue weighted by molar-refractivity contribution is 7.99. The largest absolute Gasteiger partial charge is 0.497 e. The van der Waals surface area contributed by atoms with Gasteiger partial charge in [-0.05, 0) is 44.4 Å². The summed E-state index contributed by atoms with van der Waals surface area (Å²) in [4.78, 5) is 18.0. The second-order valence-corrected chi connectivity index (χ2v) is 6.54. The van der Waals surface area contributed by atoms with E-state index < -0.39 is 0 Å². The maximum absolute atomic E-state index is 12.5. The molecule has 7 heteroatoms. The first-order valence-corrected chi connectivity index (χ1v) is 9.47. The molecule has 2 heterocycles. The summed E-state index contributed by atoms with van der Waals surface area (Å²) in [5.74, 6) is 0.425. The first-order chi connectivity index (χ1) is 12.5. The minimum Gasteiger partial charge on any atom is -0.497 e. The molecule has 0 amide bonds. The topological polar surface area (TPSA) is 66.2 Å². The smallest absolute Gasteiger partial charge is 0.341 e. The number of nitrogens with zero attached hydrogens (tertiary/aromatic N) is 3. The number of fused-ring (bicyclic) bond motifs is 1. The minimum absolute atomic E-state index is 0.322. The van der Waals surface area contributed by atoms with Gasteiger partial charge in [-0.1, -0.05) is 0 Å². The molecule has 1 aromatic carbocycles. The van der Waals surface area contributed by atoms with E-state index in [0.29, 0.717) is 17.9 Å². The summed E-state index contributed by atoms with van der Waals surface area (Å²) in [5.41, 5.74) is 3.62. The number of pyridine rings is 1. The van der Waals surface area contributed by atoms with E-state index in [1.807, 2.05) is 44.5 Å². The second kappa shape index (κ2) is 7.37. The lowest BCUT2D eigenvalue weighted by atomic mass is 10.1. The Morgan fingerprint density at radius 2 is 1.96 bits per heavy atom. The Hall–Kier alpha value is -2.54. The van der Waals surface area contributed by atoms with Crippen LogP contribution in [0.25, 0.3) is 22.3 Å². The molecule has 6 nitrogen and oxygen atoms in total. The van der Waals surface area contributed by atoms with Crippen molar-refractivity contribution in [2.45, 2.75) is 18.7 Å². The quantitative estimate of drug-likeness (QED) is 0.501. The monoisotopic (exact) mass is 371 g/mol. The number of hydrogen-bond acceptors (Lipinski definition) is 6. The number of ether oxygens (including phenoxy) is 2. The standard InChI is InChI=1S/C19H21N3O3S/c1-6-25-19(23)14-11(2)20-18-15(17(14)26-5)16(21-22(18)3)12-7-9-13(24-4)10-8-12/h7-10H,6H2,1-5H3. The number of methoxy groups -OCH3 is 1. The number of esters is 1. The second-order valence-electron chi connectivity index (χ2n) is 5.73. The number of thioether (sulfide) groups is 1. The Kier molecular flexibility index (Phi) is 5.18. The Morgan fingerprint density at radius 1 is 1.27 bits per heavy atom. The molecule has 0 bridgehead atoms. The van der Waals surface area contributed by atoms with Crippen molar-refractivity contribution in [3.05, 3.63) is 35.5 Å². The van der Waals surface area contributed by atoms with Crippen LogP contribution < -0.4 is 4.74 Å². The van der Waals surface area contributed by atoms with Crippen molar-refractivity contribution in [1.29, 1.82) is 0 Å². The number of aromatic nitrogens is 3. The van der Waals surface area contributed by atoms with E-state index >= 15 is 0 Å². The average molecular weight is 371 g/mol. The predicted octanol–water partition coefficient (Wildman–Crippen LogP) is 3.85. The van der Waals surface area contributed by atoms with Crippen LogP contribution in [0, 0.1) is 6.92 Å². The van der Waals surface area contributed by atoms with E-state index in [2.05, 4.69) is 10.1 Å². The van der Waals surface area contributed by atoms with Gasteiger partial charge >= 0.3 is 5.97 Å². The van der Waals surface area contributed by atoms with Crippen LogP contribution in [-0.4, -0.2) is 40.7 Å². The molecule has 0 spiro atoms. The highest BCUT2D eigenvalue weighted by Gasteiger charge is 2.24. The van der Waals surface area contributed by atoms with Crippen LogP contribution in [-0.2, 0) is 11.8 Å². The highest BCUT2D eigenvalue weighted by atomic mass is 32.2. The van der Waals surface area contributed by atoms with Crippen LogP contribution in [0.4, 0.5) is 0 Å². The number of carbonyl (C=O) groups excluding carboxylic acids is 1. The van der Waals surface area contributed by atoms with Crippen molar-refractivity contribution < 1.29 is 14.3 Å². The molecule has 0 unspecified atom stereocenters. The zero-order chi connectivity index (χ0) is 18.8. The molecule has 3 aromatic rings. The molecule has 3 rings (SSSR count). The summed E-state index contributed by atoms with van der Waals surface area (Å²) in [6.07, 6.45) is 1.95. The Morgan fingerprint density at radius 3 is 2.54 bits per heavy atom. The lowest BCUT2D eigenvalue weighted by Gasteiger charge is -2.12. The zero-order valence-electron chi connectivity index (χ0n) is 15.5. The van der Waals surface area contributed by atoms with Gasteiger partial charge in [-0.25, -0.2) is 14.5 Å². The number of rotatable bonds is 5. The van der Waals surface area contributed by atoms with E-state index in [1.54, 1.807) is 18.7 Å². The molecule has 26 heavy (non-hydrogen) atoms. The Balaban J connectivity index is 2.30. The van der Waals surface area contributed by atoms with Crippen LogP contribution in [0.5, 0.6) is 5.75 Å². The molecule has 0 aliphatic rings. The fourth-order valence-corrected chi connectivity index (χ4v) is 3.78. The lowest BCUT2D eigenvalue weighted by Crippen LogP contribution is -2.10. The third-order valence-electron chi connectivity index (χ3n) is 4.15. The summed E-state index contributed by atoms with van der Waals surface area (Å²) >= 11 is 1.50. The first kappa shape index (κ1) is 18.3.